The number of halogens is 1. The van der Waals surface area contributed by atoms with Gasteiger partial charge in [0.1, 0.15) is 0 Å². The standard InChI is InChI=1S/C22H23ClN4O3/c1-15-4-2-5-16-20(15)24-14-27(22(16)29)9-8-19(28)25-18-7-3-6-17(23)21(18)26-10-12-30-13-11-26/h2-7,14H,8-13H2,1H3,(H,25,28). The van der Waals surface area contributed by atoms with E-state index in [1.54, 1.807) is 6.07 Å². The number of carbonyl (C=O) groups excluding carboxylic acids is 1. The van der Waals surface area contributed by atoms with Crippen molar-refractivity contribution in [3.05, 3.63) is 63.7 Å². The predicted molar refractivity (Wildman–Crippen MR) is 118 cm³/mol. The van der Waals surface area contributed by atoms with Gasteiger partial charge in [-0.15, -0.1) is 0 Å². The molecule has 0 spiro atoms. The SMILES string of the molecule is Cc1cccc2c(=O)n(CCC(=O)Nc3cccc(Cl)c3N3CCOCC3)cnc12. The first kappa shape index (κ1) is 20.4. The predicted octanol–water partition coefficient (Wildman–Crippen LogP) is 3.22. The lowest BCUT2D eigenvalue weighted by Gasteiger charge is -2.31. The molecule has 0 unspecified atom stereocenters. The van der Waals surface area contributed by atoms with E-state index >= 15 is 0 Å². The Balaban J connectivity index is 1.49. The van der Waals surface area contributed by atoms with Crippen molar-refractivity contribution in [2.24, 2.45) is 0 Å². The van der Waals surface area contributed by atoms with E-state index < -0.39 is 0 Å². The van der Waals surface area contributed by atoms with Gasteiger partial charge in [-0.2, -0.15) is 0 Å². The van der Waals surface area contributed by atoms with Gasteiger partial charge >= 0.3 is 0 Å². The average Bonchev–Trinajstić information content (AvgIpc) is 2.74. The third kappa shape index (κ3) is 4.17. The van der Waals surface area contributed by atoms with Gasteiger partial charge in [-0.05, 0) is 30.7 Å². The molecule has 0 radical (unpaired) electrons. The van der Waals surface area contributed by atoms with Gasteiger partial charge in [-0.3, -0.25) is 14.2 Å². The summed E-state index contributed by atoms with van der Waals surface area (Å²) < 4.78 is 6.88. The molecule has 1 aliphatic heterocycles. The number of nitrogens with one attached hydrogen (secondary N) is 1. The van der Waals surface area contributed by atoms with E-state index in [9.17, 15) is 9.59 Å². The van der Waals surface area contributed by atoms with Crippen LogP contribution in [0.5, 0.6) is 0 Å². The number of anilines is 2. The van der Waals surface area contributed by atoms with Crippen LogP contribution in [0, 0.1) is 6.92 Å². The zero-order valence-electron chi connectivity index (χ0n) is 16.7. The fourth-order valence-corrected chi connectivity index (χ4v) is 3.95. The van der Waals surface area contributed by atoms with Gasteiger partial charge in [0.15, 0.2) is 0 Å². The van der Waals surface area contributed by atoms with Crippen LogP contribution in [0.2, 0.25) is 5.02 Å². The quantitative estimate of drug-likeness (QED) is 0.677. The Labute approximate surface area is 179 Å². The maximum atomic E-state index is 12.7. The number of hydrogen-bond acceptors (Lipinski definition) is 5. The largest absolute Gasteiger partial charge is 0.378 e. The van der Waals surface area contributed by atoms with E-state index in [-0.39, 0.29) is 24.4 Å². The second-order valence-corrected chi connectivity index (χ2v) is 7.65. The Morgan fingerprint density at radius 3 is 2.77 bits per heavy atom. The fourth-order valence-electron chi connectivity index (χ4n) is 3.66. The molecule has 7 nitrogen and oxygen atoms in total. The molecule has 4 rings (SSSR count). The van der Waals surface area contributed by atoms with E-state index in [2.05, 4.69) is 15.2 Å². The number of aryl methyl sites for hydroxylation is 2. The van der Waals surface area contributed by atoms with Crippen LogP contribution < -0.4 is 15.8 Å². The molecule has 0 bridgehead atoms. The molecule has 1 saturated heterocycles. The van der Waals surface area contributed by atoms with E-state index in [1.807, 2.05) is 37.3 Å². The van der Waals surface area contributed by atoms with Gasteiger partial charge in [-0.25, -0.2) is 4.98 Å². The summed E-state index contributed by atoms with van der Waals surface area (Å²) in [6.07, 6.45) is 1.65. The van der Waals surface area contributed by atoms with Crippen molar-refractivity contribution >= 4 is 39.8 Å². The summed E-state index contributed by atoms with van der Waals surface area (Å²) in [7, 11) is 0. The molecule has 1 aromatic heterocycles. The molecule has 3 aromatic rings. The number of para-hydroxylation sites is 2. The second-order valence-electron chi connectivity index (χ2n) is 7.25. The number of rotatable bonds is 5. The maximum absolute atomic E-state index is 12.7. The molecule has 8 heteroatoms. The molecule has 2 heterocycles. The number of ether oxygens (including phenoxy) is 1. The van der Waals surface area contributed by atoms with E-state index in [0.717, 1.165) is 11.3 Å². The molecule has 2 aromatic carbocycles. The van der Waals surface area contributed by atoms with Gasteiger partial charge in [0.2, 0.25) is 5.91 Å². The third-order valence-electron chi connectivity index (χ3n) is 5.22. The monoisotopic (exact) mass is 426 g/mol. The van der Waals surface area contributed by atoms with Crippen LogP contribution in [0.15, 0.2) is 47.5 Å². The highest BCUT2D eigenvalue weighted by atomic mass is 35.5. The Kier molecular flexibility index (Phi) is 6.01. The summed E-state index contributed by atoms with van der Waals surface area (Å²) in [6, 6.07) is 11.0. The summed E-state index contributed by atoms with van der Waals surface area (Å²) >= 11 is 6.42. The van der Waals surface area contributed by atoms with E-state index in [4.69, 9.17) is 16.3 Å². The summed E-state index contributed by atoms with van der Waals surface area (Å²) in [4.78, 5) is 31.8. The van der Waals surface area contributed by atoms with Crippen molar-refractivity contribution in [3.63, 3.8) is 0 Å². The Bertz CT molecular complexity index is 1140. The van der Waals surface area contributed by atoms with Crippen LogP contribution >= 0.6 is 11.6 Å². The highest BCUT2D eigenvalue weighted by molar-refractivity contribution is 6.34. The number of hydrogen-bond donors (Lipinski definition) is 1. The number of amides is 1. The third-order valence-corrected chi connectivity index (χ3v) is 5.53. The lowest BCUT2D eigenvalue weighted by molar-refractivity contribution is -0.116. The molecule has 1 fully saturated rings. The number of fused-ring (bicyclic) bond motifs is 1. The molecule has 1 N–H and O–H groups in total. The zero-order valence-corrected chi connectivity index (χ0v) is 17.5. The number of aromatic nitrogens is 2. The van der Waals surface area contributed by atoms with E-state index in [0.29, 0.717) is 47.9 Å². The highest BCUT2D eigenvalue weighted by Crippen LogP contribution is 2.34. The van der Waals surface area contributed by atoms with Gasteiger partial charge < -0.3 is 15.0 Å². The first-order valence-electron chi connectivity index (χ1n) is 9.90. The van der Waals surface area contributed by atoms with Crippen LogP contribution in [0.25, 0.3) is 10.9 Å². The number of nitrogens with zero attached hydrogens (tertiary/aromatic N) is 3. The van der Waals surface area contributed by atoms with Crippen molar-refractivity contribution in [1.29, 1.82) is 0 Å². The zero-order chi connectivity index (χ0) is 21.1. The van der Waals surface area contributed by atoms with Crippen molar-refractivity contribution in [3.8, 4) is 0 Å². The second kappa shape index (κ2) is 8.85. The molecular formula is C22H23ClN4O3. The summed E-state index contributed by atoms with van der Waals surface area (Å²) in [5.41, 5.74) is 2.96. The van der Waals surface area contributed by atoms with Crippen LogP contribution in [0.3, 0.4) is 0 Å². The minimum absolute atomic E-state index is 0.145. The Morgan fingerprint density at radius 2 is 1.97 bits per heavy atom. The minimum Gasteiger partial charge on any atom is -0.378 e. The molecule has 1 aliphatic rings. The van der Waals surface area contributed by atoms with Crippen LogP contribution in [0.4, 0.5) is 11.4 Å². The lowest BCUT2D eigenvalue weighted by atomic mass is 10.1. The van der Waals surface area contributed by atoms with Crippen LogP contribution in [-0.2, 0) is 16.1 Å². The van der Waals surface area contributed by atoms with Crippen molar-refractivity contribution in [2.75, 3.05) is 36.5 Å². The van der Waals surface area contributed by atoms with Gasteiger partial charge in [0.25, 0.3) is 5.56 Å². The van der Waals surface area contributed by atoms with Crippen molar-refractivity contribution in [1.82, 2.24) is 9.55 Å². The number of carbonyl (C=O) groups is 1. The van der Waals surface area contributed by atoms with E-state index in [1.165, 1.54) is 10.9 Å². The number of benzene rings is 2. The summed E-state index contributed by atoms with van der Waals surface area (Å²) in [5.74, 6) is -0.192. The Morgan fingerprint density at radius 1 is 1.20 bits per heavy atom. The average molecular weight is 427 g/mol. The maximum Gasteiger partial charge on any atom is 0.261 e. The van der Waals surface area contributed by atoms with Gasteiger partial charge in [-0.1, -0.05) is 29.8 Å². The molecular weight excluding hydrogens is 404 g/mol. The first-order chi connectivity index (χ1) is 14.5. The Hall–Kier alpha value is -2.90. The summed E-state index contributed by atoms with van der Waals surface area (Å²) in [6.45, 7) is 4.83. The smallest absolute Gasteiger partial charge is 0.261 e. The fraction of sp³-hybridized carbons (Fsp3) is 0.318. The van der Waals surface area contributed by atoms with Gasteiger partial charge in [0, 0.05) is 26.1 Å². The minimum atomic E-state index is -0.192. The molecule has 0 aliphatic carbocycles. The summed E-state index contributed by atoms with van der Waals surface area (Å²) in [5, 5.41) is 4.08. The normalized spacial score (nSPS) is 14.1. The molecule has 0 saturated carbocycles. The molecule has 30 heavy (non-hydrogen) atoms. The van der Waals surface area contributed by atoms with Gasteiger partial charge in [0.05, 0.1) is 46.8 Å². The number of morpholine rings is 1. The topological polar surface area (TPSA) is 76.5 Å². The molecule has 1 amide bonds. The molecule has 156 valence electrons. The highest BCUT2D eigenvalue weighted by Gasteiger charge is 2.19. The molecule has 0 atom stereocenters. The lowest BCUT2D eigenvalue weighted by Crippen LogP contribution is -2.37. The van der Waals surface area contributed by atoms with Crippen molar-refractivity contribution < 1.29 is 9.53 Å². The van der Waals surface area contributed by atoms with Crippen molar-refractivity contribution in [2.45, 2.75) is 19.9 Å². The first-order valence-corrected chi connectivity index (χ1v) is 10.3. The van der Waals surface area contributed by atoms with Crippen LogP contribution in [0.1, 0.15) is 12.0 Å². The van der Waals surface area contributed by atoms with Crippen LogP contribution in [-0.4, -0.2) is 41.8 Å².